The molecule has 4 atom stereocenters. The van der Waals surface area contributed by atoms with Crippen molar-refractivity contribution >= 4 is 17.6 Å². The maximum absolute atomic E-state index is 13.6. The lowest BCUT2D eigenvalue weighted by atomic mass is 9.87. The number of aliphatic hydroxyl groups is 1. The van der Waals surface area contributed by atoms with Gasteiger partial charge in [0.2, 0.25) is 5.91 Å². The number of nitrogens with one attached hydrogen (secondary N) is 1. The maximum atomic E-state index is 13.6. The number of fused-ring (bicyclic) bond motifs is 1. The summed E-state index contributed by atoms with van der Waals surface area (Å²) in [7, 11) is 1.73. The van der Waals surface area contributed by atoms with E-state index in [-0.39, 0.29) is 36.2 Å². The van der Waals surface area contributed by atoms with Gasteiger partial charge in [-0.05, 0) is 61.4 Å². The number of methoxy groups -OCH3 is 1. The summed E-state index contributed by atoms with van der Waals surface area (Å²) >= 11 is 0. The quantitative estimate of drug-likeness (QED) is 0.541. The minimum Gasteiger partial charge on any atom is -0.388 e. The van der Waals surface area contributed by atoms with Gasteiger partial charge in [0.1, 0.15) is 30.9 Å². The van der Waals surface area contributed by atoms with Crippen molar-refractivity contribution < 1.29 is 29.0 Å². The maximum Gasteiger partial charge on any atom is 0.251 e. The Kier molecular flexibility index (Phi) is 8.68. The van der Waals surface area contributed by atoms with E-state index < -0.39 is 24.3 Å². The third kappa shape index (κ3) is 6.57. The molecule has 3 aliphatic heterocycles. The zero-order valence-corrected chi connectivity index (χ0v) is 22.4. The minimum atomic E-state index is -0.911. The number of aliphatic hydroxyl groups excluding tert-OH is 1. The number of carbonyl (C=O) groups excluding carboxylic acids is 3. The summed E-state index contributed by atoms with van der Waals surface area (Å²) < 4.78 is 10.6. The fourth-order valence-corrected chi connectivity index (χ4v) is 5.73. The first-order valence-electron chi connectivity index (χ1n) is 13.3. The number of nitrogens with zero attached hydrogens (tertiary/aromatic N) is 2. The average Bonchev–Trinajstić information content (AvgIpc) is 3.41. The highest BCUT2D eigenvalue weighted by Crippen LogP contribution is 2.31. The number of piperidine rings is 1. The molecule has 1 aromatic rings. The molecular formula is C28H41N3O6. The van der Waals surface area contributed by atoms with Crippen LogP contribution in [0.4, 0.5) is 0 Å². The number of Topliss-reactive ketones (excluding diaryl/α,β-unsaturated/α-hetero) is 1. The molecular weight excluding hydrogens is 474 g/mol. The molecule has 0 bridgehead atoms. The highest BCUT2D eigenvalue weighted by molar-refractivity contribution is 5.99. The van der Waals surface area contributed by atoms with Gasteiger partial charge in [-0.1, -0.05) is 32.9 Å². The van der Waals surface area contributed by atoms with E-state index in [1.165, 1.54) is 10.5 Å². The first-order valence-corrected chi connectivity index (χ1v) is 13.3. The monoisotopic (exact) mass is 515 g/mol. The summed E-state index contributed by atoms with van der Waals surface area (Å²) in [5.41, 5.74) is 1.47. The molecule has 3 saturated heterocycles. The van der Waals surface area contributed by atoms with Crippen molar-refractivity contribution in [3.05, 3.63) is 35.4 Å². The number of amides is 2. The highest BCUT2D eigenvalue weighted by Gasteiger charge is 2.53. The van der Waals surface area contributed by atoms with E-state index >= 15 is 0 Å². The molecule has 3 heterocycles. The molecule has 1 aromatic carbocycles. The lowest BCUT2D eigenvalue weighted by Crippen LogP contribution is -2.53. The molecule has 0 aliphatic carbocycles. The van der Waals surface area contributed by atoms with E-state index in [0.717, 1.165) is 39.1 Å². The van der Waals surface area contributed by atoms with E-state index in [1.54, 1.807) is 7.11 Å². The zero-order valence-electron chi connectivity index (χ0n) is 22.4. The van der Waals surface area contributed by atoms with E-state index in [2.05, 4.69) is 10.2 Å². The van der Waals surface area contributed by atoms with Crippen LogP contribution < -0.4 is 5.32 Å². The molecule has 0 aromatic heterocycles. The van der Waals surface area contributed by atoms with Crippen molar-refractivity contribution in [2.45, 2.75) is 70.2 Å². The molecule has 2 N–H and O–H groups in total. The standard InChI is InChI=1S/C28H41N3O6/c1-28(2,3)15-21(27(35)31-16-22(32)25-24(31)23(33)17-37-25)29-26(34)20-7-5-18(6-8-20)19-9-11-30(12-10-19)13-14-36-4/h5-8,19,21-22,24-25,32H,9-17H2,1-4H3,(H,29,34)/t21-,22-,24+,25+/m0/s1. The van der Waals surface area contributed by atoms with Crippen molar-refractivity contribution in [1.82, 2.24) is 15.1 Å². The normalized spacial score (nSPS) is 25.8. The Bertz CT molecular complexity index is 967. The van der Waals surface area contributed by atoms with Gasteiger partial charge < -0.3 is 29.7 Å². The second-order valence-corrected chi connectivity index (χ2v) is 11.8. The van der Waals surface area contributed by atoms with Crippen LogP contribution >= 0.6 is 0 Å². The predicted molar refractivity (Wildman–Crippen MR) is 138 cm³/mol. The van der Waals surface area contributed by atoms with Crippen LogP contribution in [-0.2, 0) is 19.1 Å². The van der Waals surface area contributed by atoms with Crippen LogP contribution in [0, 0.1) is 5.41 Å². The van der Waals surface area contributed by atoms with Gasteiger partial charge in [-0.15, -0.1) is 0 Å². The van der Waals surface area contributed by atoms with E-state index in [4.69, 9.17) is 9.47 Å². The summed E-state index contributed by atoms with van der Waals surface area (Å²) in [6, 6.07) is 6.07. The number of likely N-dealkylation sites (tertiary alicyclic amines) is 2. The summed E-state index contributed by atoms with van der Waals surface area (Å²) in [4.78, 5) is 42.9. The van der Waals surface area contributed by atoms with Crippen LogP contribution in [0.15, 0.2) is 24.3 Å². The first kappa shape index (κ1) is 27.7. The van der Waals surface area contributed by atoms with Crippen LogP contribution in [0.25, 0.3) is 0 Å². The zero-order chi connectivity index (χ0) is 26.7. The average molecular weight is 516 g/mol. The topological polar surface area (TPSA) is 108 Å². The van der Waals surface area contributed by atoms with Crippen LogP contribution in [0.2, 0.25) is 0 Å². The summed E-state index contributed by atoms with van der Waals surface area (Å²) in [6.07, 6.45) is 0.941. The summed E-state index contributed by atoms with van der Waals surface area (Å²) in [6.45, 7) is 9.69. The summed E-state index contributed by atoms with van der Waals surface area (Å²) in [5, 5.41) is 13.2. The largest absolute Gasteiger partial charge is 0.388 e. The molecule has 2 amide bonds. The lowest BCUT2D eigenvalue weighted by Gasteiger charge is -2.32. The number of β-amino-alcohol motifs (C(OH)–C–C–N with tert-alkyl or cyclic N) is 1. The Hall–Kier alpha value is -2.33. The Labute approximate surface area is 219 Å². The number of ketones is 1. The van der Waals surface area contributed by atoms with Gasteiger partial charge in [-0.25, -0.2) is 0 Å². The molecule has 0 radical (unpaired) electrons. The second kappa shape index (κ2) is 11.6. The number of hydrogen-bond acceptors (Lipinski definition) is 7. The molecule has 4 rings (SSSR count). The molecule has 9 nitrogen and oxygen atoms in total. The van der Waals surface area contributed by atoms with Gasteiger partial charge in [0.25, 0.3) is 5.91 Å². The highest BCUT2D eigenvalue weighted by atomic mass is 16.5. The van der Waals surface area contributed by atoms with Crippen LogP contribution in [0.3, 0.4) is 0 Å². The molecule has 0 saturated carbocycles. The predicted octanol–water partition coefficient (Wildman–Crippen LogP) is 1.59. The lowest BCUT2D eigenvalue weighted by molar-refractivity contribution is -0.138. The van der Waals surface area contributed by atoms with Crippen molar-refractivity contribution in [3.8, 4) is 0 Å². The van der Waals surface area contributed by atoms with Gasteiger partial charge in [0.05, 0.1) is 13.2 Å². The van der Waals surface area contributed by atoms with Gasteiger partial charge in [0.15, 0.2) is 5.78 Å². The fourth-order valence-electron chi connectivity index (χ4n) is 5.73. The number of benzene rings is 1. The van der Waals surface area contributed by atoms with Crippen molar-refractivity contribution in [1.29, 1.82) is 0 Å². The summed E-state index contributed by atoms with van der Waals surface area (Å²) in [5.74, 6) is -0.429. The van der Waals surface area contributed by atoms with Crippen molar-refractivity contribution in [2.75, 3.05) is 46.5 Å². The number of hydrogen-bond donors (Lipinski definition) is 2. The van der Waals surface area contributed by atoms with Gasteiger partial charge in [-0.3, -0.25) is 14.4 Å². The number of ether oxygens (including phenoxy) is 2. The number of rotatable bonds is 8. The van der Waals surface area contributed by atoms with Gasteiger partial charge >= 0.3 is 0 Å². The van der Waals surface area contributed by atoms with Gasteiger partial charge in [-0.2, -0.15) is 0 Å². The Balaban J connectivity index is 1.41. The SMILES string of the molecule is COCCN1CCC(c2ccc(C(=O)N[C@@H](CC(C)(C)C)C(=O)N3C[C@H](O)[C@H]4OCC(=O)[C@H]43)cc2)CC1. The van der Waals surface area contributed by atoms with Gasteiger partial charge in [0, 0.05) is 19.2 Å². The fraction of sp³-hybridized carbons (Fsp3) is 0.679. The third-order valence-electron chi connectivity index (χ3n) is 7.70. The third-order valence-corrected chi connectivity index (χ3v) is 7.70. The van der Waals surface area contributed by atoms with Crippen molar-refractivity contribution in [3.63, 3.8) is 0 Å². The molecule has 204 valence electrons. The Morgan fingerprint density at radius 1 is 1.19 bits per heavy atom. The Morgan fingerprint density at radius 3 is 2.49 bits per heavy atom. The molecule has 3 aliphatic rings. The molecule has 37 heavy (non-hydrogen) atoms. The van der Waals surface area contributed by atoms with E-state index in [9.17, 15) is 19.5 Å². The molecule has 3 fully saturated rings. The minimum absolute atomic E-state index is 0.0232. The molecule has 9 heteroatoms. The van der Waals surface area contributed by atoms with E-state index in [0.29, 0.717) is 17.9 Å². The van der Waals surface area contributed by atoms with Crippen LogP contribution in [0.1, 0.15) is 61.9 Å². The Morgan fingerprint density at radius 2 is 1.86 bits per heavy atom. The van der Waals surface area contributed by atoms with Crippen LogP contribution in [0.5, 0.6) is 0 Å². The number of carbonyl (C=O) groups is 3. The van der Waals surface area contributed by atoms with Crippen LogP contribution in [-0.4, -0.2) is 103 Å². The molecule has 0 unspecified atom stereocenters. The first-order chi connectivity index (χ1) is 17.6. The second-order valence-electron chi connectivity index (χ2n) is 11.8. The van der Waals surface area contributed by atoms with Crippen molar-refractivity contribution in [2.24, 2.45) is 5.41 Å². The van der Waals surface area contributed by atoms with E-state index in [1.807, 2.05) is 45.0 Å². The molecule has 0 spiro atoms. The smallest absolute Gasteiger partial charge is 0.251 e.